The first-order valence-corrected chi connectivity index (χ1v) is 30.0. The molecule has 3 aliphatic carbocycles. The minimum absolute atomic E-state index is 0.0428. The van der Waals surface area contributed by atoms with E-state index < -0.39 is 12.0 Å². The van der Waals surface area contributed by atoms with Crippen LogP contribution >= 0.6 is 0 Å². The summed E-state index contributed by atoms with van der Waals surface area (Å²) in [6, 6.07) is 3.54. The van der Waals surface area contributed by atoms with Gasteiger partial charge < -0.3 is 108 Å². The second kappa shape index (κ2) is 42.6. The quantitative estimate of drug-likeness (QED) is 0.0849. The maximum Gasteiger partial charge on any atom is 0.410 e. The largest absolute Gasteiger partial charge is 0.490 e. The van der Waals surface area contributed by atoms with E-state index in [2.05, 4.69) is 17.2 Å². The molecule has 0 radical (unpaired) electrons. The second-order valence-electron chi connectivity index (χ2n) is 22.4. The normalized spacial score (nSPS) is 30.2. The Morgan fingerprint density at radius 1 is 0.552 bits per heavy atom. The van der Waals surface area contributed by atoms with Crippen LogP contribution in [0.4, 0.5) is 9.59 Å². The molecule has 0 bridgehead atoms. The van der Waals surface area contributed by atoms with E-state index in [1.807, 2.05) is 0 Å². The maximum atomic E-state index is 12.0. The van der Waals surface area contributed by atoms with Gasteiger partial charge >= 0.3 is 18.2 Å². The Hall–Kier alpha value is -7.16. The van der Waals surface area contributed by atoms with Crippen molar-refractivity contribution in [3.63, 3.8) is 0 Å². The van der Waals surface area contributed by atoms with Crippen LogP contribution in [0.2, 0.25) is 0 Å². The summed E-state index contributed by atoms with van der Waals surface area (Å²) < 4.78 is 26.1. The molecule has 0 aromatic carbocycles. The molecule has 7 aliphatic rings. The van der Waals surface area contributed by atoms with E-state index in [9.17, 15) is 71.9 Å². The lowest BCUT2D eigenvalue weighted by atomic mass is 9.88. The van der Waals surface area contributed by atoms with Crippen molar-refractivity contribution in [2.45, 2.75) is 109 Å². The number of piperidine rings is 2. The zero-order chi connectivity index (χ0) is 63.9. The van der Waals surface area contributed by atoms with Crippen LogP contribution in [0.15, 0.2) is 24.5 Å². The number of esters is 1. The van der Waals surface area contributed by atoms with Crippen molar-refractivity contribution in [1.82, 2.24) is 20.1 Å². The van der Waals surface area contributed by atoms with Gasteiger partial charge in [0, 0.05) is 136 Å². The number of ether oxygens (including phenoxy) is 5. The van der Waals surface area contributed by atoms with Gasteiger partial charge in [0.15, 0.2) is 0 Å². The highest BCUT2D eigenvalue weighted by Gasteiger charge is 2.39. The summed E-state index contributed by atoms with van der Waals surface area (Å²) in [7, 11) is 0. The summed E-state index contributed by atoms with van der Waals surface area (Å²) in [6.07, 6.45) is 19.8. The van der Waals surface area contributed by atoms with E-state index in [4.69, 9.17) is 35.2 Å². The Kier molecular flexibility index (Phi) is 36.3. The predicted molar refractivity (Wildman–Crippen MR) is 309 cm³/mol. The average molecular weight is 1230 g/mol. The SMILES string of the molecule is CCC1CCN(C(=O)OC2CC(C=O)C(C=O)C2)C1.NCCCC(=O)OC1CC(C=O)C(C=O)C1.NCCOC(=O)N1CCC(C=O)C(C=O)C1.O=CC1CC(Oc2ccncc2)CC1C=O.O=CC1CCNCC1C=O.O=CC1CCOCC1C=O. The molecule has 13 unspecified atom stereocenters. The highest BCUT2D eigenvalue weighted by molar-refractivity contribution is 5.73. The molecule has 2 amide bonds. The highest BCUT2D eigenvalue weighted by Crippen LogP contribution is 2.34. The fourth-order valence-electron chi connectivity index (χ4n) is 11.1. The van der Waals surface area contributed by atoms with Crippen molar-refractivity contribution >= 4 is 93.6 Å². The molecule has 13 atom stereocenters. The van der Waals surface area contributed by atoms with Gasteiger partial charge in [0.2, 0.25) is 0 Å². The Morgan fingerprint density at radius 3 is 1.48 bits per heavy atom. The van der Waals surface area contributed by atoms with E-state index in [0.29, 0.717) is 103 Å². The Balaban J connectivity index is 0.000000277. The van der Waals surface area contributed by atoms with E-state index in [0.717, 1.165) is 120 Å². The van der Waals surface area contributed by atoms with Gasteiger partial charge in [-0.05, 0) is 102 Å². The first kappa shape index (κ1) is 74.1. The molecule has 5 N–H and O–H groups in total. The number of nitrogens with zero attached hydrogens (tertiary/aromatic N) is 3. The number of likely N-dealkylation sites (tertiary alicyclic amines) is 2. The third-order valence-electron chi connectivity index (χ3n) is 16.5. The zero-order valence-electron chi connectivity index (χ0n) is 49.6. The van der Waals surface area contributed by atoms with E-state index in [1.165, 1.54) is 4.90 Å². The molecule has 5 heterocycles. The third kappa shape index (κ3) is 25.6. The molecule has 8 rings (SSSR count). The van der Waals surface area contributed by atoms with Crippen LogP contribution < -0.4 is 21.5 Å². The van der Waals surface area contributed by atoms with Crippen LogP contribution in [0.3, 0.4) is 0 Å². The van der Waals surface area contributed by atoms with Gasteiger partial charge in [0.1, 0.15) is 106 Å². The summed E-state index contributed by atoms with van der Waals surface area (Å²) >= 11 is 0. The van der Waals surface area contributed by atoms with Gasteiger partial charge in [-0.3, -0.25) is 9.78 Å². The van der Waals surface area contributed by atoms with Crippen LogP contribution in [0.25, 0.3) is 0 Å². The Labute approximate surface area is 507 Å². The lowest BCUT2D eigenvalue weighted by molar-refractivity contribution is -0.149. The van der Waals surface area contributed by atoms with Crippen molar-refractivity contribution in [3.05, 3.63) is 24.5 Å². The van der Waals surface area contributed by atoms with E-state index >= 15 is 0 Å². The lowest BCUT2D eigenvalue weighted by Crippen LogP contribution is -2.45. The van der Waals surface area contributed by atoms with Crippen molar-refractivity contribution in [2.75, 3.05) is 72.2 Å². The Bertz CT molecular complexity index is 2200. The van der Waals surface area contributed by atoms with Gasteiger partial charge in [-0.1, -0.05) is 13.3 Å². The molecule has 0 spiro atoms. The molecule has 26 heteroatoms. The van der Waals surface area contributed by atoms with Gasteiger partial charge in [0.25, 0.3) is 0 Å². The van der Waals surface area contributed by atoms with Gasteiger partial charge in [-0.15, -0.1) is 0 Å². The molecule has 4 aliphatic heterocycles. The number of carbonyl (C=O) groups is 15. The summed E-state index contributed by atoms with van der Waals surface area (Å²) in [6.45, 7) is 7.74. The van der Waals surface area contributed by atoms with Crippen molar-refractivity contribution in [3.8, 4) is 5.75 Å². The van der Waals surface area contributed by atoms with Crippen LogP contribution in [0, 0.1) is 76.9 Å². The zero-order valence-corrected chi connectivity index (χ0v) is 49.6. The maximum absolute atomic E-state index is 12.0. The molecule has 87 heavy (non-hydrogen) atoms. The molecule has 4 saturated heterocycles. The molecule has 1 aromatic heterocycles. The third-order valence-corrected chi connectivity index (χ3v) is 16.5. The van der Waals surface area contributed by atoms with Crippen LogP contribution in [0.1, 0.15) is 90.4 Å². The Morgan fingerprint density at radius 2 is 1.02 bits per heavy atom. The number of aldehydes is 12. The number of nitrogens with two attached hydrogens (primary N) is 2. The van der Waals surface area contributed by atoms with Gasteiger partial charge in [-0.25, -0.2) is 9.59 Å². The number of hydrogen-bond donors (Lipinski definition) is 3. The molecular weight excluding hydrogens is 1140 g/mol. The number of pyridine rings is 1. The predicted octanol–water partition coefficient (Wildman–Crippen LogP) is 2.03. The first-order valence-electron chi connectivity index (χ1n) is 30.0. The summed E-state index contributed by atoms with van der Waals surface area (Å²) in [5, 5.41) is 3.06. The van der Waals surface area contributed by atoms with Gasteiger partial charge in [-0.2, -0.15) is 0 Å². The lowest BCUT2D eigenvalue weighted by Gasteiger charge is -2.32. The van der Waals surface area contributed by atoms with Gasteiger partial charge in [0.05, 0.1) is 6.61 Å². The number of rotatable bonds is 22. The van der Waals surface area contributed by atoms with E-state index in [-0.39, 0.29) is 115 Å². The number of aromatic nitrogens is 1. The molecule has 3 saturated carbocycles. The number of hydrogen-bond acceptors (Lipinski definition) is 24. The summed E-state index contributed by atoms with van der Waals surface area (Å²) in [5.74, 6) is -1.71. The fourth-order valence-corrected chi connectivity index (χ4v) is 11.1. The highest BCUT2D eigenvalue weighted by atomic mass is 16.6. The second-order valence-corrected chi connectivity index (χ2v) is 22.4. The monoisotopic (exact) mass is 1220 g/mol. The van der Waals surface area contributed by atoms with E-state index in [1.54, 1.807) is 29.4 Å². The number of nitrogens with one attached hydrogen (secondary N) is 1. The van der Waals surface area contributed by atoms with Crippen molar-refractivity contribution in [1.29, 1.82) is 0 Å². The molecule has 26 nitrogen and oxygen atoms in total. The molecule has 1 aromatic rings. The smallest absolute Gasteiger partial charge is 0.410 e. The summed E-state index contributed by atoms with van der Waals surface area (Å²) in [5.41, 5.74) is 10.5. The molecule has 482 valence electrons. The first-order chi connectivity index (χ1) is 42.2. The summed E-state index contributed by atoms with van der Waals surface area (Å²) in [4.78, 5) is 169. The van der Waals surface area contributed by atoms with Crippen LogP contribution in [-0.2, 0) is 81.3 Å². The van der Waals surface area contributed by atoms with Crippen LogP contribution in [-0.4, -0.2) is 199 Å². The topological polar surface area (TPSA) is 386 Å². The number of amides is 2. The molecular formula is C61H88N6O20. The number of carbonyl (C=O) groups excluding carboxylic acids is 15. The van der Waals surface area contributed by atoms with Crippen molar-refractivity contribution < 1.29 is 95.6 Å². The minimum atomic E-state index is -0.471. The minimum Gasteiger partial charge on any atom is -0.490 e. The average Bonchev–Trinajstić information content (AvgIpc) is 4.08. The standard InChI is InChI=1S/C14H21NO4.C12H13NO3.C11H17NO4.C10H16N2O4.C7H11NO2.C7H10O3/c1-2-10-3-4-15(7-10)14(18)19-13-5-11(8-16)12(6-13)9-17;14-7-9-5-12(6-10(9)8-15)16-11-1-3-13-4-2-11;12-3-1-2-11(15)16-10-4-8(6-13)9(5-10)7-14;11-2-4-16-10(15)12-3-1-8(6-13)9(5-12)7-14;9-4-6-1-2-8-3-7(6)5-10;8-3-6-1-2-10-5-7(6)4-9/h8-13H,2-7H2,1H3;1-4,7-10,12H,5-6H2;6-10H,1-5,12H2;6-9H,1-5,11H2;4-8H,1-3H2;3-4,6-7H,1-2,5H2. The van der Waals surface area contributed by atoms with Crippen LogP contribution in [0.5, 0.6) is 5.75 Å². The molecule has 7 fully saturated rings. The fraction of sp³-hybridized carbons (Fsp3) is 0.672. The van der Waals surface area contributed by atoms with Crippen molar-refractivity contribution in [2.24, 2.45) is 88.4 Å².